The molecule has 0 bridgehead atoms. The van der Waals surface area contributed by atoms with Crippen molar-refractivity contribution in [3.63, 3.8) is 0 Å². The second-order valence-electron chi connectivity index (χ2n) is 11.6. The Labute approximate surface area is 220 Å². The van der Waals surface area contributed by atoms with Gasteiger partial charge in [0.15, 0.2) is 0 Å². The summed E-state index contributed by atoms with van der Waals surface area (Å²) >= 11 is 0. The maximum absolute atomic E-state index is 2.49. The molecule has 0 aliphatic rings. The number of aryl methyl sites for hydroxylation is 3. The van der Waals surface area contributed by atoms with E-state index in [0.29, 0.717) is 0 Å². The zero-order valence-corrected chi connectivity index (χ0v) is 24.0. The van der Waals surface area contributed by atoms with Crippen LogP contribution in [-0.4, -0.2) is 12.6 Å². The molecule has 0 spiro atoms. The van der Waals surface area contributed by atoms with Crippen LogP contribution < -0.4 is 9.75 Å². The summed E-state index contributed by atoms with van der Waals surface area (Å²) in [4.78, 5) is 0. The number of benzene rings is 4. The fourth-order valence-electron chi connectivity index (χ4n) is 6.00. The normalized spacial score (nSPS) is 12.2. The van der Waals surface area contributed by atoms with Crippen molar-refractivity contribution in [1.82, 2.24) is 4.57 Å². The summed E-state index contributed by atoms with van der Waals surface area (Å²) in [6, 6.07) is 31.7. The van der Waals surface area contributed by atoms with Crippen molar-refractivity contribution in [3.05, 3.63) is 102 Å². The van der Waals surface area contributed by atoms with Crippen molar-refractivity contribution < 1.29 is 4.57 Å². The van der Waals surface area contributed by atoms with Gasteiger partial charge in [-0.05, 0) is 67.4 Å². The summed E-state index contributed by atoms with van der Waals surface area (Å²) in [6.45, 7) is 14.1. The molecule has 0 unspecified atom stereocenters. The van der Waals surface area contributed by atoms with Gasteiger partial charge in [0.2, 0.25) is 11.2 Å². The van der Waals surface area contributed by atoms with Gasteiger partial charge in [0.25, 0.3) is 0 Å². The van der Waals surface area contributed by atoms with Crippen LogP contribution in [0.4, 0.5) is 0 Å². The molecular formula is C34H35N2Si+. The number of fused-ring (bicyclic) bond motifs is 4. The van der Waals surface area contributed by atoms with Crippen LogP contribution in [0, 0.1) is 20.8 Å². The van der Waals surface area contributed by atoms with Crippen LogP contribution in [0.1, 0.15) is 16.7 Å². The first-order valence-electron chi connectivity index (χ1n) is 13.2. The van der Waals surface area contributed by atoms with Gasteiger partial charge >= 0.3 is 0 Å². The molecule has 3 heteroatoms. The van der Waals surface area contributed by atoms with Crippen molar-refractivity contribution >= 4 is 46.0 Å². The van der Waals surface area contributed by atoms with Gasteiger partial charge in [-0.1, -0.05) is 67.7 Å². The summed E-state index contributed by atoms with van der Waals surface area (Å²) in [5.41, 5.74) is 11.7. The highest BCUT2D eigenvalue weighted by Crippen LogP contribution is 2.33. The van der Waals surface area contributed by atoms with Crippen LogP contribution in [0.25, 0.3) is 49.7 Å². The Hall–Kier alpha value is -3.69. The predicted molar refractivity (Wildman–Crippen MR) is 162 cm³/mol. The number of hydrogen-bond donors (Lipinski definition) is 0. The molecule has 2 heterocycles. The van der Waals surface area contributed by atoms with E-state index in [-0.39, 0.29) is 0 Å². The molecule has 0 N–H and O–H groups in total. The Morgan fingerprint density at radius 2 is 1.30 bits per heavy atom. The van der Waals surface area contributed by atoms with Gasteiger partial charge in [0, 0.05) is 39.5 Å². The van der Waals surface area contributed by atoms with Crippen molar-refractivity contribution in [2.24, 2.45) is 7.05 Å². The average molecular weight is 500 g/mol. The Morgan fingerprint density at radius 3 is 1.92 bits per heavy atom. The van der Waals surface area contributed by atoms with Gasteiger partial charge in [0.1, 0.15) is 7.05 Å². The van der Waals surface area contributed by atoms with Gasteiger partial charge < -0.3 is 4.57 Å². The van der Waals surface area contributed by atoms with E-state index in [1.807, 2.05) is 0 Å². The number of para-hydroxylation sites is 2. The molecule has 6 rings (SSSR count). The first-order valence-corrected chi connectivity index (χ1v) is 16.7. The maximum Gasteiger partial charge on any atom is 0.212 e. The molecule has 0 aliphatic heterocycles. The Kier molecular flexibility index (Phi) is 5.39. The van der Waals surface area contributed by atoms with E-state index < -0.39 is 8.07 Å². The lowest BCUT2D eigenvalue weighted by atomic mass is 9.97. The molecule has 0 atom stereocenters. The molecule has 184 valence electrons. The summed E-state index contributed by atoms with van der Waals surface area (Å²) in [7, 11) is 0.558. The quantitative estimate of drug-likeness (QED) is 0.173. The summed E-state index contributed by atoms with van der Waals surface area (Å²) in [6.07, 6.45) is 0. The van der Waals surface area contributed by atoms with Gasteiger partial charge in [-0.3, -0.25) is 0 Å². The highest BCUT2D eigenvalue weighted by molar-refractivity contribution is 6.90. The number of nitrogens with zero attached hydrogens (tertiary/aromatic N) is 2. The molecule has 0 saturated carbocycles. The highest BCUT2D eigenvalue weighted by Gasteiger charge is 2.27. The lowest BCUT2D eigenvalue weighted by molar-refractivity contribution is -0.633. The third-order valence-electron chi connectivity index (χ3n) is 8.01. The van der Waals surface area contributed by atoms with Crippen LogP contribution in [-0.2, 0) is 7.05 Å². The second kappa shape index (κ2) is 8.42. The smallest absolute Gasteiger partial charge is 0.212 e. The zero-order valence-electron chi connectivity index (χ0n) is 23.0. The van der Waals surface area contributed by atoms with Crippen LogP contribution in [0.2, 0.25) is 19.6 Å². The molecule has 6 aromatic rings. The van der Waals surface area contributed by atoms with E-state index in [1.54, 1.807) is 0 Å². The summed E-state index contributed by atoms with van der Waals surface area (Å²) in [5.74, 6) is 0. The standard InChI is InChI=1S/C34H35N2Si/c1-22-18-23(2)24(3)28(19-22)33-21-34(37(5,6)7)29-20-25(16-17-30(29)35(33)4)36-31-14-10-8-12-26(31)27-13-9-11-15-32(27)36/h8-21H,1-7H3/q+1. The first-order chi connectivity index (χ1) is 17.6. The van der Waals surface area contributed by atoms with Gasteiger partial charge in [0.05, 0.1) is 19.1 Å². The summed E-state index contributed by atoms with van der Waals surface area (Å²) in [5, 5.41) is 5.48. The van der Waals surface area contributed by atoms with Gasteiger partial charge in [-0.2, -0.15) is 4.57 Å². The van der Waals surface area contributed by atoms with Crippen LogP contribution in [0.3, 0.4) is 0 Å². The molecule has 4 aromatic carbocycles. The number of aromatic nitrogens is 2. The molecule has 0 saturated heterocycles. The third kappa shape index (κ3) is 3.72. The van der Waals surface area contributed by atoms with E-state index in [1.165, 1.54) is 71.5 Å². The molecule has 2 aromatic heterocycles. The molecule has 0 fully saturated rings. The minimum Gasteiger partial charge on any atom is -0.309 e. The Bertz CT molecular complexity index is 1800. The van der Waals surface area contributed by atoms with E-state index in [9.17, 15) is 0 Å². The fourth-order valence-corrected chi connectivity index (χ4v) is 7.58. The van der Waals surface area contributed by atoms with Gasteiger partial charge in [-0.15, -0.1) is 0 Å². The lowest BCUT2D eigenvalue weighted by Gasteiger charge is -2.21. The van der Waals surface area contributed by atoms with E-state index >= 15 is 0 Å². The Morgan fingerprint density at radius 1 is 0.676 bits per heavy atom. The zero-order chi connectivity index (χ0) is 26.1. The third-order valence-corrected chi connectivity index (χ3v) is 10.0. The van der Waals surface area contributed by atoms with Crippen LogP contribution in [0.5, 0.6) is 0 Å². The van der Waals surface area contributed by atoms with Crippen molar-refractivity contribution in [3.8, 4) is 16.9 Å². The largest absolute Gasteiger partial charge is 0.309 e. The van der Waals surface area contributed by atoms with Crippen LogP contribution in [0.15, 0.2) is 84.9 Å². The molecular weight excluding hydrogens is 464 g/mol. The lowest BCUT2D eigenvalue weighted by Crippen LogP contribution is -2.43. The number of hydrogen-bond acceptors (Lipinski definition) is 0. The predicted octanol–water partition coefficient (Wildman–Crippen LogP) is 7.90. The number of pyridine rings is 1. The topological polar surface area (TPSA) is 8.81 Å². The van der Waals surface area contributed by atoms with Crippen molar-refractivity contribution in [2.45, 2.75) is 40.4 Å². The van der Waals surface area contributed by atoms with Gasteiger partial charge in [-0.25, -0.2) is 0 Å². The summed E-state index contributed by atoms with van der Waals surface area (Å²) < 4.78 is 4.83. The van der Waals surface area contributed by atoms with E-state index in [4.69, 9.17) is 0 Å². The SMILES string of the molecule is Cc1cc(C)c(C)c(-c2cc([Si](C)(C)C)c3cc(-n4c5ccccc5c5ccccc54)ccc3[n+]2C)c1. The Balaban J connectivity index is 1.69. The average Bonchev–Trinajstić information content (AvgIpc) is 3.20. The maximum atomic E-state index is 2.49. The van der Waals surface area contributed by atoms with E-state index in [2.05, 4.69) is 142 Å². The highest BCUT2D eigenvalue weighted by atomic mass is 28.3. The van der Waals surface area contributed by atoms with Crippen molar-refractivity contribution in [2.75, 3.05) is 0 Å². The molecule has 2 nitrogen and oxygen atoms in total. The molecule has 0 radical (unpaired) electrons. The minimum absolute atomic E-state index is 1.22. The molecule has 37 heavy (non-hydrogen) atoms. The monoisotopic (exact) mass is 499 g/mol. The number of rotatable bonds is 3. The molecule has 0 aliphatic carbocycles. The molecule has 0 amide bonds. The minimum atomic E-state index is -1.67. The van der Waals surface area contributed by atoms with Crippen molar-refractivity contribution in [1.29, 1.82) is 0 Å². The van der Waals surface area contributed by atoms with E-state index in [0.717, 1.165) is 0 Å². The fraction of sp³-hybridized carbons (Fsp3) is 0.206. The second-order valence-corrected chi connectivity index (χ2v) is 16.6. The first kappa shape index (κ1) is 23.7. The van der Waals surface area contributed by atoms with Crippen LogP contribution >= 0.6 is 0 Å².